The second kappa shape index (κ2) is 5.63. The number of nitrogens with zero attached hydrogens (tertiary/aromatic N) is 1. The predicted molar refractivity (Wildman–Crippen MR) is 89.8 cm³/mol. The number of carboxylic acid groups (broad SMARTS) is 1. The fourth-order valence-electron chi connectivity index (χ4n) is 6.19. The molecule has 6 nitrogen and oxygen atoms in total. The largest absolute Gasteiger partial charge is 0.481 e. The lowest BCUT2D eigenvalue weighted by atomic mass is 9.44. The van der Waals surface area contributed by atoms with Crippen LogP contribution in [0.25, 0.3) is 0 Å². The van der Waals surface area contributed by atoms with Crippen molar-refractivity contribution in [1.29, 1.82) is 0 Å². The predicted octanol–water partition coefficient (Wildman–Crippen LogP) is 0.963. The van der Waals surface area contributed by atoms with Crippen molar-refractivity contribution in [2.45, 2.75) is 62.7 Å². The maximum absolute atomic E-state index is 12.8. The number of piperidine rings is 1. The smallest absolute Gasteiger partial charge is 0.304 e. The summed E-state index contributed by atoms with van der Waals surface area (Å²) >= 11 is 0. The van der Waals surface area contributed by atoms with E-state index in [1.807, 2.05) is 7.05 Å². The van der Waals surface area contributed by atoms with Crippen LogP contribution in [0.15, 0.2) is 11.6 Å². The lowest BCUT2D eigenvalue weighted by molar-refractivity contribution is -0.217. The zero-order valence-corrected chi connectivity index (χ0v) is 14.6. The Morgan fingerprint density at radius 1 is 1.44 bits per heavy atom. The van der Waals surface area contributed by atoms with Gasteiger partial charge in [-0.05, 0) is 51.6 Å². The average Bonchev–Trinajstić information content (AvgIpc) is 2.52. The number of fused-ring (bicyclic) bond motifs is 1. The molecule has 4 rings (SSSR count). The van der Waals surface area contributed by atoms with Gasteiger partial charge in [0.25, 0.3) is 0 Å². The molecule has 3 N–H and O–H groups in total. The zero-order valence-electron chi connectivity index (χ0n) is 14.6. The molecule has 3 fully saturated rings. The molecule has 25 heavy (non-hydrogen) atoms. The van der Waals surface area contributed by atoms with Gasteiger partial charge in [-0.3, -0.25) is 14.5 Å². The first-order chi connectivity index (χ1) is 11.8. The molecule has 0 radical (unpaired) electrons. The van der Waals surface area contributed by atoms with Gasteiger partial charge in [0.05, 0.1) is 24.2 Å². The standard InChI is InChI=1S/C19H27NO5/c1-20-5-4-18-10-15(22)12(7-17(23)24)9-19(18,25)16(20)6-11-2-3-13(21)8-14(11)18/h6,12-14,16,21,25H,2-5,7-10H2,1H3,(H,23,24)/t12-,13?,14?,16+,18+,19+/m0/s1. The zero-order chi connectivity index (χ0) is 18.0. The van der Waals surface area contributed by atoms with Crippen molar-refractivity contribution in [2.24, 2.45) is 17.3 Å². The van der Waals surface area contributed by atoms with Crippen LogP contribution in [0.2, 0.25) is 0 Å². The number of aliphatic carboxylic acids is 1. The van der Waals surface area contributed by atoms with E-state index in [2.05, 4.69) is 11.0 Å². The Kier molecular flexibility index (Phi) is 3.87. The molecule has 0 aromatic carbocycles. The molecule has 6 atom stereocenters. The summed E-state index contributed by atoms with van der Waals surface area (Å²) in [5.41, 5.74) is -0.378. The Morgan fingerprint density at radius 3 is 2.92 bits per heavy atom. The molecule has 0 spiro atoms. The summed E-state index contributed by atoms with van der Waals surface area (Å²) in [5.74, 6) is -1.61. The molecule has 4 aliphatic rings. The van der Waals surface area contributed by atoms with E-state index in [9.17, 15) is 19.8 Å². The summed E-state index contributed by atoms with van der Waals surface area (Å²) in [4.78, 5) is 26.1. The fraction of sp³-hybridized carbons (Fsp3) is 0.789. The van der Waals surface area contributed by atoms with Crippen molar-refractivity contribution in [3.8, 4) is 0 Å². The normalized spacial score (nSPS) is 46.8. The maximum atomic E-state index is 12.8. The number of hydrogen-bond donors (Lipinski definition) is 3. The van der Waals surface area contributed by atoms with Crippen molar-refractivity contribution in [3.05, 3.63) is 11.6 Å². The first-order valence-corrected chi connectivity index (χ1v) is 9.32. The lowest BCUT2D eigenvalue weighted by Gasteiger charge is -2.66. The van der Waals surface area contributed by atoms with Crippen LogP contribution < -0.4 is 0 Å². The van der Waals surface area contributed by atoms with Gasteiger partial charge in [0.1, 0.15) is 5.78 Å². The number of carbonyl (C=O) groups is 2. The second-order valence-corrected chi connectivity index (χ2v) is 8.62. The van der Waals surface area contributed by atoms with E-state index in [1.54, 1.807) is 0 Å². The van der Waals surface area contributed by atoms with Crippen LogP contribution in [-0.2, 0) is 9.59 Å². The minimum atomic E-state index is -1.10. The minimum Gasteiger partial charge on any atom is -0.481 e. The fourth-order valence-corrected chi connectivity index (χ4v) is 6.19. The highest BCUT2D eigenvalue weighted by Crippen LogP contribution is 2.63. The number of aliphatic hydroxyl groups excluding tert-OH is 1. The molecule has 0 amide bonds. The molecule has 6 heteroatoms. The van der Waals surface area contributed by atoms with E-state index in [0.717, 1.165) is 25.8 Å². The average molecular weight is 349 g/mol. The van der Waals surface area contributed by atoms with Crippen molar-refractivity contribution >= 4 is 11.8 Å². The van der Waals surface area contributed by atoms with Crippen LogP contribution in [0.5, 0.6) is 0 Å². The summed E-state index contributed by atoms with van der Waals surface area (Å²) < 4.78 is 0. The Morgan fingerprint density at radius 2 is 2.20 bits per heavy atom. The van der Waals surface area contributed by atoms with E-state index in [1.165, 1.54) is 5.57 Å². The third-order valence-electron chi connectivity index (χ3n) is 7.42. The Labute approximate surface area is 147 Å². The number of allylic oxidation sites excluding steroid dienone is 1. The highest BCUT2D eigenvalue weighted by molar-refractivity contribution is 5.87. The molecule has 2 saturated carbocycles. The van der Waals surface area contributed by atoms with Gasteiger partial charge in [0.2, 0.25) is 0 Å². The van der Waals surface area contributed by atoms with Crippen LogP contribution in [0.4, 0.5) is 0 Å². The number of Topliss-reactive ketones (excluding diaryl/α,β-unsaturated/α-hetero) is 1. The maximum Gasteiger partial charge on any atom is 0.304 e. The quantitative estimate of drug-likeness (QED) is 0.643. The van der Waals surface area contributed by atoms with E-state index >= 15 is 0 Å². The molecule has 0 aromatic heterocycles. The number of ketones is 1. The van der Waals surface area contributed by atoms with Crippen LogP contribution >= 0.6 is 0 Å². The van der Waals surface area contributed by atoms with Crippen LogP contribution in [0.1, 0.15) is 44.9 Å². The first-order valence-electron chi connectivity index (χ1n) is 9.32. The van der Waals surface area contributed by atoms with Crippen molar-refractivity contribution in [3.63, 3.8) is 0 Å². The molecule has 1 heterocycles. The van der Waals surface area contributed by atoms with E-state index in [-0.39, 0.29) is 43.1 Å². The Balaban J connectivity index is 1.79. The summed E-state index contributed by atoms with van der Waals surface area (Å²) in [5, 5.41) is 31.2. The van der Waals surface area contributed by atoms with Gasteiger partial charge < -0.3 is 15.3 Å². The Hall–Kier alpha value is -1.24. The van der Waals surface area contributed by atoms with Crippen LogP contribution in [0, 0.1) is 17.3 Å². The lowest BCUT2D eigenvalue weighted by Crippen LogP contribution is -2.73. The van der Waals surface area contributed by atoms with Crippen molar-refractivity contribution in [1.82, 2.24) is 4.90 Å². The van der Waals surface area contributed by atoms with Gasteiger partial charge in [-0.25, -0.2) is 0 Å². The summed E-state index contributed by atoms with van der Waals surface area (Å²) in [6.07, 6.45) is 4.88. The molecular formula is C19H27NO5. The number of likely N-dealkylation sites (N-methyl/N-ethyl adjacent to an activating group) is 1. The van der Waals surface area contributed by atoms with E-state index in [4.69, 9.17) is 5.11 Å². The third-order valence-corrected chi connectivity index (χ3v) is 7.42. The van der Waals surface area contributed by atoms with Crippen molar-refractivity contribution < 1.29 is 24.9 Å². The Bertz CT molecular complexity index is 646. The number of likely N-dealkylation sites (tertiary alicyclic amines) is 1. The summed E-state index contributed by atoms with van der Waals surface area (Å²) in [6, 6.07) is -0.174. The number of carbonyl (C=O) groups excluding carboxylic acids is 1. The second-order valence-electron chi connectivity index (χ2n) is 8.62. The SMILES string of the molecule is CN1CC[C@]23CC(=O)[C@@H](CC(=O)O)C[C@@]2(O)[C@H]1C=C1CCC(O)CC13. The van der Waals surface area contributed by atoms with Crippen LogP contribution in [0.3, 0.4) is 0 Å². The molecular weight excluding hydrogens is 322 g/mol. The van der Waals surface area contributed by atoms with Gasteiger partial charge in [0.15, 0.2) is 0 Å². The van der Waals surface area contributed by atoms with Crippen LogP contribution in [-0.4, -0.2) is 63.3 Å². The molecule has 138 valence electrons. The summed E-state index contributed by atoms with van der Waals surface area (Å²) in [6.45, 7) is 0.806. The number of carboxylic acids is 1. The first kappa shape index (κ1) is 17.2. The van der Waals surface area contributed by atoms with Gasteiger partial charge in [-0.1, -0.05) is 11.6 Å². The van der Waals surface area contributed by atoms with Gasteiger partial charge in [-0.2, -0.15) is 0 Å². The molecule has 2 unspecified atom stereocenters. The molecule has 2 bridgehead atoms. The monoisotopic (exact) mass is 349 g/mol. The molecule has 1 aliphatic heterocycles. The van der Waals surface area contributed by atoms with Gasteiger partial charge >= 0.3 is 5.97 Å². The van der Waals surface area contributed by atoms with Crippen molar-refractivity contribution in [2.75, 3.05) is 13.6 Å². The summed E-state index contributed by atoms with van der Waals surface area (Å²) in [7, 11) is 1.99. The topological polar surface area (TPSA) is 98.1 Å². The number of hydrogen-bond acceptors (Lipinski definition) is 5. The molecule has 0 aromatic rings. The highest BCUT2D eigenvalue weighted by Gasteiger charge is 2.67. The van der Waals surface area contributed by atoms with E-state index < -0.39 is 22.9 Å². The minimum absolute atomic E-state index is 0.0286. The highest BCUT2D eigenvalue weighted by atomic mass is 16.4. The molecule has 1 saturated heterocycles. The third kappa shape index (κ3) is 2.34. The molecule has 3 aliphatic carbocycles. The van der Waals surface area contributed by atoms with E-state index in [0.29, 0.717) is 6.42 Å². The number of rotatable bonds is 2. The van der Waals surface area contributed by atoms with Gasteiger partial charge in [0, 0.05) is 17.8 Å². The number of aliphatic hydroxyl groups is 2. The van der Waals surface area contributed by atoms with Gasteiger partial charge in [-0.15, -0.1) is 0 Å².